The Morgan fingerprint density at radius 3 is 2.33 bits per heavy atom. The Bertz CT molecular complexity index is 1470. The topological polar surface area (TPSA) is 98.3 Å². The Kier molecular flexibility index (Phi) is 8.49. The van der Waals surface area contributed by atoms with Crippen molar-refractivity contribution in [3.05, 3.63) is 75.5 Å². The fourth-order valence-electron chi connectivity index (χ4n) is 5.20. The van der Waals surface area contributed by atoms with Crippen molar-refractivity contribution in [3.63, 3.8) is 0 Å². The van der Waals surface area contributed by atoms with Gasteiger partial charge in [-0.05, 0) is 0 Å². The number of rotatable bonds is 7. The number of H-pyrrole nitrogens is 1. The Morgan fingerprint density at radius 1 is 0.976 bits per heavy atom. The molecular weight excluding hydrogens is 631 g/mol. The van der Waals surface area contributed by atoms with Gasteiger partial charge in [0.25, 0.3) is 0 Å². The summed E-state index contributed by atoms with van der Waals surface area (Å²) >= 11 is -0.751. The molecule has 42 heavy (non-hydrogen) atoms. The Balaban J connectivity index is 1.17. The molecule has 1 fully saturated rings. The van der Waals surface area contributed by atoms with E-state index in [1.807, 2.05) is 29.4 Å². The van der Waals surface area contributed by atoms with Gasteiger partial charge in [0.2, 0.25) is 0 Å². The minimum absolute atomic E-state index is 0.0476. The number of benzene rings is 1. The van der Waals surface area contributed by atoms with Gasteiger partial charge in [-0.3, -0.25) is 0 Å². The zero-order chi connectivity index (χ0) is 30.1. The van der Waals surface area contributed by atoms with Crippen LogP contribution in [-0.4, -0.2) is 72.9 Å². The number of piperazine rings is 1. The maximum atomic E-state index is 13.8. The summed E-state index contributed by atoms with van der Waals surface area (Å²) in [5.74, 6) is 0.126. The number of halogens is 6. The number of nitrogens with zero attached hydrogens (tertiary/aromatic N) is 6. The molecule has 2 atom stereocenters. The van der Waals surface area contributed by atoms with Gasteiger partial charge in [-0.25, -0.2) is 0 Å². The quantitative estimate of drug-likeness (QED) is 0.235. The van der Waals surface area contributed by atoms with Crippen molar-refractivity contribution in [2.45, 2.75) is 41.8 Å². The molecule has 0 aliphatic carbocycles. The number of hydrogen-bond acceptors (Lipinski definition) is 7. The van der Waals surface area contributed by atoms with Crippen LogP contribution in [0.3, 0.4) is 0 Å². The van der Waals surface area contributed by atoms with Crippen LogP contribution < -0.4 is 15.4 Å². The fraction of sp³-hybridized carbons (Fsp3) is 0.423. The second-order valence-electron chi connectivity index (χ2n) is 9.89. The van der Waals surface area contributed by atoms with Crippen LogP contribution in [0.15, 0.2) is 47.7 Å². The summed E-state index contributed by atoms with van der Waals surface area (Å²) in [5.41, 5.74) is -1.96. The molecule has 1 saturated heterocycles. The molecular formula is C26H26AsF6N7O2. The van der Waals surface area contributed by atoms with E-state index in [1.54, 1.807) is 14.7 Å². The summed E-state index contributed by atoms with van der Waals surface area (Å²) in [4.78, 5) is 37.6. The minimum atomic E-state index is -4.85. The van der Waals surface area contributed by atoms with Gasteiger partial charge in [0, 0.05) is 0 Å². The number of alkyl halides is 6. The van der Waals surface area contributed by atoms with Crippen molar-refractivity contribution in [2.24, 2.45) is 0 Å². The van der Waals surface area contributed by atoms with Crippen LogP contribution in [0.2, 0.25) is 10.4 Å². The van der Waals surface area contributed by atoms with Crippen molar-refractivity contribution in [1.29, 1.82) is 0 Å². The summed E-state index contributed by atoms with van der Waals surface area (Å²) in [6.07, 6.45) is -6.55. The third kappa shape index (κ3) is 6.40. The van der Waals surface area contributed by atoms with Gasteiger partial charge in [0.1, 0.15) is 0 Å². The molecule has 0 saturated carbocycles. The molecule has 1 N–H and O–H groups in total. The zero-order valence-corrected chi connectivity index (χ0v) is 24.1. The van der Waals surface area contributed by atoms with E-state index < -0.39 is 44.8 Å². The molecule has 224 valence electrons. The van der Waals surface area contributed by atoms with Crippen LogP contribution in [0.25, 0.3) is 0 Å². The molecule has 0 radical (unpaired) electrons. The fourth-order valence-corrected chi connectivity index (χ4v) is 7.94. The standard InChI is InChI=1S/C26H26AsF6N7O2/c28-25(29,30)17-12-34-24(35-13-17)39-9-7-38(8-10-39)21(41)5-6-27-11-19-18-4-2-1-3-16(18)15-40(19)20-14-36-37-23(42)22(20)26(31,32)33/h1-4,12-14,19,27H,5-11,15H2,(H,37,42). The Hall–Kier alpha value is -3.61. The number of amides is 1. The molecule has 0 bridgehead atoms. The van der Waals surface area contributed by atoms with Crippen LogP contribution in [0.4, 0.5) is 38.0 Å². The predicted octanol–water partition coefficient (Wildman–Crippen LogP) is 3.67. The number of carbonyl (C=O) groups is 1. The van der Waals surface area contributed by atoms with Gasteiger partial charge in [-0.15, -0.1) is 0 Å². The first-order chi connectivity index (χ1) is 19.9. The predicted molar refractivity (Wildman–Crippen MR) is 142 cm³/mol. The summed E-state index contributed by atoms with van der Waals surface area (Å²) in [6, 6.07) is 7.02. The molecule has 1 aromatic carbocycles. The van der Waals surface area contributed by atoms with Gasteiger partial charge in [0.05, 0.1) is 0 Å². The summed E-state index contributed by atoms with van der Waals surface area (Å²) in [5, 5.41) is 6.74. The average Bonchev–Trinajstić information content (AvgIpc) is 3.32. The summed E-state index contributed by atoms with van der Waals surface area (Å²) < 4.78 is 79.7. The Morgan fingerprint density at radius 2 is 1.67 bits per heavy atom. The number of aromatic nitrogens is 4. The van der Waals surface area contributed by atoms with Crippen molar-refractivity contribution < 1.29 is 31.1 Å². The number of fused-ring (bicyclic) bond motifs is 1. The average molecular weight is 657 g/mol. The molecule has 5 rings (SSSR count). The second kappa shape index (κ2) is 11.9. The first-order valence-corrected chi connectivity index (χ1v) is 16.0. The van der Waals surface area contributed by atoms with Gasteiger partial charge < -0.3 is 0 Å². The molecule has 16 heteroatoms. The molecule has 3 aromatic rings. The van der Waals surface area contributed by atoms with Crippen molar-refractivity contribution in [1.82, 2.24) is 25.1 Å². The molecule has 2 aliphatic rings. The van der Waals surface area contributed by atoms with E-state index >= 15 is 0 Å². The van der Waals surface area contributed by atoms with Crippen LogP contribution in [0.5, 0.6) is 0 Å². The van der Waals surface area contributed by atoms with Crippen molar-refractivity contribution >= 4 is 33.3 Å². The SMILES string of the molecule is O=C(CC[AsH]CC1c2ccccc2CN1c1cn[nH]c(=O)c1C(F)(F)F)N1CCN(c2ncc(C(F)(F)F)cn2)CC1. The Labute approximate surface area is 242 Å². The van der Waals surface area contributed by atoms with Gasteiger partial charge >= 0.3 is 230 Å². The second-order valence-corrected chi connectivity index (χ2v) is 12.8. The zero-order valence-electron chi connectivity index (χ0n) is 22.0. The molecule has 0 spiro atoms. The third-order valence-corrected chi connectivity index (χ3v) is 9.98. The third-order valence-electron chi connectivity index (χ3n) is 7.29. The van der Waals surface area contributed by atoms with Gasteiger partial charge in [-0.2, -0.15) is 13.2 Å². The number of carbonyl (C=O) groups excluding carboxylic acids is 1. The van der Waals surface area contributed by atoms with E-state index in [0.717, 1.165) is 29.7 Å². The van der Waals surface area contributed by atoms with E-state index in [4.69, 9.17) is 0 Å². The van der Waals surface area contributed by atoms with E-state index in [-0.39, 0.29) is 30.1 Å². The van der Waals surface area contributed by atoms with Crippen LogP contribution in [0.1, 0.15) is 34.7 Å². The van der Waals surface area contributed by atoms with Gasteiger partial charge in [-0.1, -0.05) is 0 Å². The molecule has 2 aromatic heterocycles. The van der Waals surface area contributed by atoms with E-state index in [9.17, 15) is 35.9 Å². The molecule has 1 amide bonds. The van der Waals surface area contributed by atoms with Crippen molar-refractivity contribution in [3.8, 4) is 0 Å². The van der Waals surface area contributed by atoms with Crippen LogP contribution >= 0.6 is 0 Å². The number of nitrogens with one attached hydrogen (secondary N) is 1. The normalized spacial score (nSPS) is 17.8. The number of hydrogen-bond donors (Lipinski definition) is 1. The van der Waals surface area contributed by atoms with Crippen molar-refractivity contribution in [2.75, 3.05) is 36.0 Å². The molecule has 2 unspecified atom stereocenters. The molecule has 9 nitrogen and oxygen atoms in total. The number of anilines is 2. The van der Waals surface area contributed by atoms with Gasteiger partial charge in [0.15, 0.2) is 0 Å². The molecule has 4 heterocycles. The summed E-state index contributed by atoms with van der Waals surface area (Å²) in [6.45, 7) is 1.73. The van der Waals surface area contributed by atoms with E-state index in [1.165, 1.54) is 0 Å². The molecule has 2 aliphatic heterocycles. The van der Waals surface area contributed by atoms with E-state index in [2.05, 4.69) is 15.1 Å². The van der Waals surface area contributed by atoms with E-state index in [0.29, 0.717) is 43.0 Å². The van der Waals surface area contributed by atoms with Crippen LogP contribution in [0, 0.1) is 0 Å². The summed E-state index contributed by atoms with van der Waals surface area (Å²) in [7, 11) is 0. The van der Waals surface area contributed by atoms with Crippen LogP contribution in [-0.2, 0) is 23.7 Å². The monoisotopic (exact) mass is 657 g/mol. The number of aromatic amines is 1. The first-order valence-electron chi connectivity index (χ1n) is 13.1. The maximum absolute atomic E-state index is 13.8. The first kappa shape index (κ1) is 29.9.